The largest absolute Gasteiger partial charge is 0.482 e. The standard InChI is InChI=1S/C21H22O7/c1-13(2)14-6-5-7-17(9-14)27-12-19(22)28-18-10-15(20(23)25-3)8-16(11-18)21(24)26-4/h5-11,13H,12H2,1-4H3. The van der Waals surface area contributed by atoms with Gasteiger partial charge in [-0.3, -0.25) is 0 Å². The summed E-state index contributed by atoms with van der Waals surface area (Å²) in [6, 6.07) is 11.3. The lowest BCUT2D eigenvalue weighted by molar-refractivity contribution is -0.136. The minimum atomic E-state index is -0.687. The Morgan fingerprint density at radius 3 is 2.00 bits per heavy atom. The van der Waals surface area contributed by atoms with Crippen LogP contribution in [0.3, 0.4) is 0 Å². The molecule has 0 N–H and O–H groups in total. The van der Waals surface area contributed by atoms with Crippen LogP contribution in [0.25, 0.3) is 0 Å². The van der Waals surface area contributed by atoms with Crippen molar-refractivity contribution < 1.29 is 33.3 Å². The fourth-order valence-electron chi connectivity index (χ4n) is 2.40. The van der Waals surface area contributed by atoms with Crippen LogP contribution in [0.2, 0.25) is 0 Å². The lowest BCUT2D eigenvalue weighted by atomic mass is 10.0. The molecule has 0 radical (unpaired) electrons. The highest BCUT2D eigenvalue weighted by molar-refractivity contribution is 5.96. The Bertz CT molecular complexity index is 837. The molecule has 0 heterocycles. The lowest BCUT2D eigenvalue weighted by Crippen LogP contribution is -2.18. The maximum Gasteiger partial charge on any atom is 0.349 e. The van der Waals surface area contributed by atoms with Crippen LogP contribution in [0.15, 0.2) is 42.5 Å². The first-order valence-corrected chi connectivity index (χ1v) is 8.59. The first kappa shape index (κ1) is 21.0. The van der Waals surface area contributed by atoms with Crippen LogP contribution < -0.4 is 9.47 Å². The van der Waals surface area contributed by atoms with Crippen LogP contribution in [-0.2, 0) is 14.3 Å². The minimum Gasteiger partial charge on any atom is -0.482 e. The summed E-state index contributed by atoms with van der Waals surface area (Å²) in [6.45, 7) is 3.78. The fourth-order valence-corrected chi connectivity index (χ4v) is 2.40. The third-order valence-electron chi connectivity index (χ3n) is 3.86. The average molecular weight is 386 g/mol. The Hall–Kier alpha value is -3.35. The van der Waals surface area contributed by atoms with Gasteiger partial charge in [0.15, 0.2) is 6.61 Å². The van der Waals surface area contributed by atoms with Crippen LogP contribution in [0, 0.1) is 0 Å². The second-order valence-electron chi connectivity index (χ2n) is 6.22. The van der Waals surface area contributed by atoms with Gasteiger partial charge in [0.05, 0.1) is 25.3 Å². The molecule has 0 spiro atoms. The van der Waals surface area contributed by atoms with Crippen molar-refractivity contribution >= 4 is 17.9 Å². The molecular formula is C21H22O7. The smallest absolute Gasteiger partial charge is 0.349 e. The van der Waals surface area contributed by atoms with Crippen LogP contribution in [0.1, 0.15) is 46.0 Å². The summed E-state index contributed by atoms with van der Waals surface area (Å²) in [5, 5.41) is 0. The first-order chi connectivity index (χ1) is 13.3. The molecule has 2 aromatic rings. The molecule has 0 bridgehead atoms. The van der Waals surface area contributed by atoms with Crippen molar-refractivity contribution in [3.8, 4) is 11.5 Å². The summed E-state index contributed by atoms with van der Waals surface area (Å²) < 4.78 is 20.0. The lowest BCUT2D eigenvalue weighted by Gasteiger charge is -2.11. The molecule has 0 aliphatic carbocycles. The SMILES string of the molecule is COC(=O)c1cc(OC(=O)COc2cccc(C(C)C)c2)cc(C(=O)OC)c1. The van der Waals surface area contributed by atoms with Crippen molar-refractivity contribution in [1.29, 1.82) is 0 Å². The number of hydrogen-bond donors (Lipinski definition) is 0. The Kier molecular flexibility index (Phi) is 7.14. The van der Waals surface area contributed by atoms with E-state index in [2.05, 4.69) is 23.3 Å². The van der Waals surface area contributed by atoms with Crippen LogP contribution in [0.4, 0.5) is 0 Å². The zero-order valence-corrected chi connectivity index (χ0v) is 16.2. The van der Waals surface area contributed by atoms with Crippen molar-refractivity contribution in [2.75, 3.05) is 20.8 Å². The number of ether oxygens (including phenoxy) is 4. The summed E-state index contributed by atoms with van der Waals surface area (Å²) in [5.74, 6) is -1.16. The molecule has 7 heteroatoms. The van der Waals surface area contributed by atoms with Crippen molar-refractivity contribution in [2.45, 2.75) is 19.8 Å². The van der Waals surface area contributed by atoms with Crippen LogP contribution >= 0.6 is 0 Å². The van der Waals surface area contributed by atoms with E-state index in [4.69, 9.17) is 9.47 Å². The van der Waals surface area contributed by atoms with Gasteiger partial charge in [-0.2, -0.15) is 0 Å². The van der Waals surface area contributed by atoms with Gasteiger partial charge in [-0.1, -0.05) is 26.0 Å². The number of carbonyl (C=O) groups excluding carboxylic acids is 3. The van der Waals surface area contributed by atoms with Gasteiger partial charge in [0, 0.05) is 0 Å². The highest BCUT2D eigenvalue weighted by atomic mass is 16.6. The number of benzene rings is 2. The van der Waals surface area contributed by atoms with Crippen LogP contribution in [-0.4, -0.2) is 38.7 Å². The maximum atomic E-state index is 12.1. The molecule has 0 saturated heterocycles. The van der Waals surface area contributed by atoms with Gasteiger partial charge < -0.3 is 18.9 Å². The summed E-state index contributed by atoms with van der Waals surface area (Å²) in [6.07, 6.45) is 0. The van der Waals surface area contributed by atoms with Gasteiger partial charge in [-0.15, -0.1) is 0 Å². The van der Waals surface area contributed by atoms with Crippen molar-refractivity contribution in [1.82, 2.24) is 0 Å². The third kappa shape index (κ3) is 5.57. The summed E-state index contributed by atoms with van der Waals surface area (Å²) in [5.41, 5.74) is 1.19. The second kappa shape index (κ2) is 9.55. The van der Waals surface area contributed by atoms with Crippen molar-refractivity contribution in [3.05, 3.63) is 59.2 Å². The van der Waals surface area contributed by atoms with E-state index in [1.54, 1.807) is 6.07 Å². The van der Waals surface area contributed by atoms with Gasteiger partial charge >= 0.3 is 17.9 Å². The monoisotopic (exact) mass is 386 g/mol. The van der Waals surface area contributed by atoms with Crippen LogP contribution in [0.5, 0.6) is 11.5 Å². The molecule has 0 aromatic heterocycles. The highest BCUT2D eigenvalue weighted by Crippen LogP contribution is 2.21. The van der Waals surface area contributed by atoms with E-state index in [1.807, 2.05) is 18.2 Å². The van der Waals surface area contributed by atoms with Gasteiger partial charge in [-0.05, 0) is 41.8 Å². The van der Waals surface area contributed by atoms with Crippen molar-refractivity contribution in [2.24, 2.45) is 0 Å². The Balaban J connectivity index is 2.11. The van der Waals surface area contributed by atoms with E-state index in [1.165, 1.54) is 32.4 Å². The second-order valence-corrected chi connectivity index (χ2v) is 6.22. The molecule has 0 unspecified atom stereocenters. The van der Waals surface area contributed by atoms with E-state index in [-0.39, 0.29) is 23.5 Å². The van der Waals surface area contributed by atoms with E-state index in [0.717, 1.165) is 5.56 Å². The maximum absolute atomic E-state index is 12.1. The Morgan fingerprint density at radius 1 is 0.857 bits per heavy atom. The van der Waals surface area contributed by atoms with E-state index < -0.39 is 17.9 Å². The Morgan fingerprint density at radius 2 is 1.46 bits per heavy atom. The first-order valence-electron chi connectivity index (χ1n) is 8.59. The van der Waals surface area contributed by atoms with E-state index >= 15 is 0 Å². The predicted octanol–water partition coefficient (Wildman–Crippen LogP) is 3.37. The van der Waals surface area contributed by atoms with Gasteiger partial charge in [-0.25, -0.2) is 14.4 Å². The topological polar surface area (TPSA) is 88.1 Å². The molecule has 148 valence electrons. The molecule has 0 atom stereocenters. The number of carbonyl (C=O) groups is 3. The quantitative estimate of drug-likeness (QED) is 0.532. The molecule has 0 saturated carbocycles. The molecule has 28 heavy (non-hydrogen) atoms. The average Bonchev–Trinajstić information content (AvgIpc) is 2.70. The minimum absolute atomic E-state index is 0.00725. The molecular weight excluding hydrogens is 364 g/mol. The predicted molar refractivity (Wildman–Crippen MR) is 101 cm³/mol. The molecule has 0 amide bonds. The van der Waals surface area contributed by atoms with Gasteiger partial charge in [0.1, 0.15) is 11.5 Å². The van der Waals surface area contributed by atoms with E-state index in [9.17, 15) is 14.4 Å². The van der Waals surface area contributed by atoms with E-state index in [0.29, 0.717) is 11.7 Å². The zero-order chi connectivity index (χ0) is 20.7. The molecule has 7 nitrogen and oxygen atoms in total. The number of rotatable bonds is 7. The number of methoxy groups -OCH3 is 2. The Labute approximate surface area is 163 Å². The molecule has 2 rings (SSSR count). The normalized spacial score (nSPS) is 10.3. The van der Waals surface area contributed by atoms with Gasteiger partial charge in [0.25, 0.3) is 0 Å². The third-order valence-corrected chi connectivity index (χ3v) is 3.86. The molecule has 0 fully saturated rings. The van der Waals surface area contributed by atoms with Gasteiger partial charge in [0.2, 0.25) is 0 Å². The molecule has 0 aliphatic rings. The zero-order valence-electron chi connectivity index (χ0n) is 16.2. The molecule has 0 aliphatic heterocycles. The number of hydrogen-bond acceptors (Lipinski definition) is 7. The number of esters is 3. The fraction of sp³-hybridized carbons (Fsp3) is 0.286. The highest BCUT2D eigenvalue weighted by Gasteiger charge is 2.16. The van der Waals surface area contributed by atoms with Crippen molar-refractivity contribution in [3.63, 3.8) is 0 Å². The summed E-state index contributed by atoms with van der Waals surface area (Å²) in [7, 11) is 2.41. The summed E-state index contributed by atoms with van der Waals surface area (Å²) >= 11 is 0. The summed E-state index contributed by atoms with van der Waals surface area (Å²) in [4.78, 5) is 35.7. The molecule has 2 aromatic carbocycles.